The summed E-state index contributed by atoms with van der Waals surface area (Å²) in [6.07, 6.45) is 6.74. The van der Waals surface area contributed by atoms with Gasteiger partial charge < -0.3 is 10.1 Å². The molecule has 0 bridgehead atoms. The minimum atomic E-state index is 0.538. The number of hydrogen-bond donors (Lipinski definition) is 1. The fourth-order valence-electron chi connectivity index (χ4n) is 2.88. The summed E-state index contributed by atoms with van der Waals surface area (Å²) in [4.78, 5) is 0. The number of halogens is 1. The maximum Gasteiger partial charge on any atom is 0.102 e. The van der Waals surface area contributed by atoms with Crippen molar-refractivity contribution in [1.82, 2.24) is 24.8 Å². The lowest BCUT2D eigenvalue weighted by Crippen LogP contribution is -2.11. The van der Waals surface area contributed by atoms with Gasteiger partial charge in [0.05, 0.1) is 48.1 Å². The molecule has 0 radical (unpaired) electrons. The van der Waals surface area contributed by atoms with E-state index in [2.05, 4.69) is 20.7 Å². The van der Waals surface area contributed by atoms with Crippen molar-refractivity contribution in [2.24, 2.45) is 5.92 Å². The Labute approximate surface area is 150 Å². The van der Waals surface area contributed by atoms with Crippen molar-refractivity contribution in [1.29, 1.82) is 0 Å². The third-order valence-corrected chi connectivity index (χ3v) is 4.53. The second-order valence-corrected chi connectivity index (χ2v) is 6.55. The minimum absolute atomic E-state index is 0.538. The van der Waals surface area contributed by atoms with E-state index in [1.165, 1.54) is 0 Å². The molecule has 3 aromatic rings. The lowest BCUT2D eigenvalue weighted by molar-refractivity contribution is 0.181. The Morgan fingerprint density at radius 1 is 1.28 bits per heavy atom. The molecule has 1 aliphatic rings. The van der Waals surface area contributed by atoms with E-state index in [9.17, 15) is 0 Å². The van der Waals surface area contributed by atoms with Crippen LogP contribution in [0.4, 0.5) is 5.69 Å². The SMILES string of the molecule is Clc1ccccc1-n1cc(NCc2cn(CC3CCOC3)nn2)cn1. The molecule has 25 heavy (non-hydrogen) atoms. The van der Waals surface area contributed by atoms with Gasteiger partial charge in [0.2, 0.25) is 0 Å². The molecule has 0 aliphatic carbocycles. The first-order valence-corrected chi connectivity index (χ1v) is 8.66. The lowest BCUT2D eigenvalue weighted by Gasteiger charge is -2.05. The van der Waals surface area contributed by atoms with E-state index in [1.807, 2.05) is 41.3 Å². The molecule has 1 aromatic carbocycles. The number of anilines is 1. The number of benzene rings is 1. The van der Waals surface area contributed by atoms with Crippen LogP contribution in [0.15, 0.2) is 42.9 Å². The molecule has 1 saturated heterocycles. The van der Waals surface area contributed by atoms with E-state index in [1.54, 1.807) is 10.9 Å². The maximum atomic E-state index is 6.20. The molecule has 1 aliphatic heterocycles. The van der Waals surface area contributed by atoms with Crippen molar-refractivity contribution in [3.8, 4) is 5.69 Å². The fourth-order valence-corrected chi connectivity index (χ4v) is 3.10. The van der Waals surface area contributed by atoms with Crippen molar-refractivity contribution in [3.05, 3.63) is 53.6 Å². The van der Waals surface area contributed by atoms with Crippen LogP contribution in [0.25, 0.3) is 5.69 Å². The van der Waals surface area contributed by atoms with Gasteiger partial charge >= 0.3 is 0 Å². The molecule has 8 heteroatoms. The molecule has 1 fully saturated rings. The van der Waals surface area contributed by atoms with Gasteiger partial charge in [-0.05, 0) is 18.6 Å². The Morgan fingerprint density at radius 2 is 2.20 bits per heavy atom. The lowest BCUT2D eigenvalue weighted by atomic mass is 10.1. The Balaban J connectivity index is 1.36. The number of ether oxygens (including phenoxy) is 1. The fraction of sp³-hybridized carbons (Fsp3) is 0.353. The van der Waals surface area contributed by atoms with Crippen LogP contribution in [-0.2, 0) is 17.8 Å². The van der Waals surface area contributed by atoms with Crippen LogP contribution in [0.1, 0.15) is 12.1 Å². The normalized spacial score (nSPS) is 17.1. The molecule has 0 amide bonds. The molecular weight excluding hydrogens is 340 g/mol. The van der Waals surface area contributed by atoms with E-state index in [-0.39, 0.29) is 0 Å². The first-order valence-electron chi connectivity index (χ1n) is 8.28. The smallest absolute Gasteiger partial charge is 0.102 e. The Hall–Kier alpha value is -2.38. The Bertz CT molecular complexity index is 839. The number of rotatable bonds is 6. The van der Waals surface area contributed by atoms with Crippen molar-refractivity contribution in [2.45, 2.75) is 19.5 Å². The van der Waals surface area contributed by atoms with E-state index in [0.717, 1.165) is 43.2 Å². The molecule has 1 unspecified atom stereocenters. The highest BCUT2D eigenvalue weighted by Gasteiger charge is 2.16. The number of para-hydroxylation sites is 1. The average molecular weight is 359 g/mol. The van der Waals surface area contributed by atoms with Crippen LogP contribution in [0, 0.1) is 5.92 Å². The molecular formula is C17H19ClN6O. The van der Waals surface area contributed by atoms with Crippen LogP contribution >= 0.6 is 11.6 Å². The monoisotopic (exact) mass is 358 g/mol. The summed E-state index contributed by atoms with van der Waals surface area (Å²) in [5, 5.41) is 16.7. The summed E-state index contributed by atoms with van der Waals surface area (Å²) in [6.45, 7) is 3.12. The predicted molar refractivity (Wildman–Crippen MR) is 94.8 cm³/mol. The summed E-state index contributed by atoms with van der Waals surface area (Å²) >= 11 is 6.20. The number of aromatic nitrogens is 5. The second-order valence-electron chi connectivity index (χ2n) is 6.14. The standard InChI is InChI=1S/C17H19ClN6O/c18-16-3-1-2-4-17(16)24-11-14(8-20-24)19-7-15-10-23(22-21-15)9-13-5-6-25-12-13/h1-4,8,10-11,13,19H,5-7,9,12H2. The zero-order valence-corrected chi connectivity index (χ0v) is 14.4. The molecule has 1 N–H and O–H groups in total. The third-order valence-electron chi connectivity index (χ3n) is 4.21. The van der Waals surface area contributed by atoms with E-state index in [0.29, 0.717) is 17.5 Å². The van der Waals surface area contributed by atoms with Crippen LogP contribution in [0.2, 0.25) is 5.02 Å². The van der Waals surface area contributed by atoms with Gasteiger partial charge in [0.25, 0.3) is 0 Å². The van der Waals surface area contributed by atoms with Gasteiger partial charge in [-0.1, -0.05) is 28.9 Å². The average Bonchev–Trinajstić information content (AvgIpc) is 3.36. The summed E-state index contributed by atoms with van der Waals surface area (Å²) in [5.41, 5.74) is 2.64. The quantitative estimate of drug-likeness (QED) is 0.733. The molecule has 0 saturated carbocycles. The predicted octanol–water partition coefficient (Wildman–Crippen LogP) is 2.77. The molecule has 4 rings (SSSR count). The molecule has 1 atom stereocenters. The number of nitrogens with one attached hydrogen (secondary N) is 1. The van der Waals surface area contributed by atoms with E-state index in [4.69, 9.17) is 16.3 Å². The van der Waals surface area contributed by atoms with Crippen molar-refractivity contribution in [2.75, 3.05) is 18.5 Å². The minimum Gasteiger partial charge on any atom is -0.381 e. The molecule has 0 spiro atoms. The summed E-state index contributed by atoms with van der Waals surface area (Å²) < 4.78 is 9.04. The van der Waals surface area contributed by atoms with Crippen molar-refractivity contribution >= 4 is 17.3 Å². The zero-order chi connectivity index (χ0) is 17.1. The van der Waals surface area contributed by atoms with Gasteiger partial charge in [0.15, 0.2) is 0 Å². The van der Waals surface area contributed by atoms with Crippen LogP contribution in [-0.4, -0.2) is 38.0 Å². The van der Waals surface area contributed by atoms with Gasteiger partial charge in [0.1, 0.15) is 5.69 Å². The summed E-state index contributed by atoms with van der Waals surface area (Å²) in [5.74, 6) is 0.538. The van der Waals surface area contributed by atoms with Crippen LogP contribution < -0.4 is 5.32 Å². The molecule has 2 aromatic heterocycles. The summed E-state index contributed by atoms with van der Waals surface area (Å²) in [6, 6.07) is 7.61. The van der Waals surface area contributed by atoms with Crippen LogP contribution in [0.5, 0.6) is 0 Å². The van der Waals surface area contributed by atoms with E-state index >= 15 is 0 Å². The highest BCUT2D eigenvalue weighted by Crippen LogP contribution is 2.20. The van der Waals surface area contributed by atoms with Gasteiger partial charge in [-0.3, -0.25) is 4.68 Å². The molecule has 7 nitrogen and oxygen atoms in total. The Morgan fingerprint density at radius 3 is 3.04 bits per heavy atom. The van der Waals surface area contributed by atoms with Gasteiger partial charge in [-0.2, -0.15) is 5.10 Å². The first-order chi connectivity index (χ1) is 12.3. The van der Waals surface area contributed by atoms with Gasteiger partial charge in [-0.25, -0.2) is 4.68 Å². The molecule has 130 valence electrons. The topological polar surface area (TPSA) is 69.8 Å². The van der Waals surface area contributed by atoms with Gasteiger partial charge in [-0.15, -0.1) is 5.10 Å². The van der Waals surface area contributed by atoms with Crippen molar-refractivity contribution in [3.63, 3.8) is 0 Å². The number of nitrogens with zero attached hydrogens (tertiary/aromatic N) is 5. The first kappa shape index (κ1) is 16.1. The van der Waals surface area contributed by atoms with Crippen LogP contribution in [0.3, 0.4) is 0 Å². The highest BCUT2D eigenvalue weighted by molar-refractivity contribution is 6.32. The molecule has 3 heterocycles. The maximum absolute atomic E-state index is 6.20. The zero-order valence-electron chi connectivity index (χ0n) is 13.7. The largest absolute Gasteiger partial charge is 0.381 e. The summed E-state index contributed by atoms with van der Waals surface area (Å²) in [7, 11) is 0. The van der Waals surface area contributed by atoms with Crippen molar-refractivity contribution < 1.29 is 4.74 Å². The third kappa shape index (κ3) is 3.83. The van der Waals surface area contributed by atoms with Gasteiger partial charge in [0, 0.05) is 19.1 Å². The second kappa shape index (κ2) is 7.25. The highest BCUT2D eigenvalue weighted by atomic mass is 35.5. The number of hydrogen-bond acceptors (Lipinski definition) is 5. The Kier molecular flexibility index (Phi) is 4.67. The van der Waals surface area contributed by atoms with E-state index < -0.39 is 0 Å².